The van der Waals surface area contributed by atoms with Crippen molar-refractivity contribution in [2.24, 2.45) is 11.8 Å². The molecule has 1 fully saturated rings. The van der Waals surface area contributed by atoms with Gasteiger partial charge in [0, 0.05) is 0 Å². The van der Waals surface area contributed by atoms with E-state index >= 15 is 0 Å². The minimum Gasteiger partial charge on any atom is -0.0622 e. The Hall–Kier alpha value is -1.82. The molecule has 19 heavy (non-hydrogen) atoms. The van der Waals surface area contributed by atoms with Crippen LogP contribution in [-0.2, 0) is 0 Å². The molecular formula is C19H18. The molecule has 0 amide bonds. The summed E-state index contributed by atoms with van der Waals surface area (Å²) in [6.07, 6.45) is 4.13. The van der Waals surface area contributed by atoms with Gasteiger partial charge in [0.25, 0.3) is 0 Å². The molecular weight excluding hydrogens is 228 g/mol. The van der Waals surface area contributed by atoms with Gasteiger partial charge in [-0.2, -0.15) is 0 Å². The molecule has 94 valence electrons. The van der Waals surface area contributed by atoms with Crippen LogP contribution in [-0.4, -0.2) is 0 Å². The van der Waals surface area contributed by atoms with Crippen LogP contribution < -0.4 is 0 Å². The van der Waals surface area contributed by atoms with Gasteiger partial charge in [-0.15, -0.1) is 0 Å². The summed E-state index contributed by atoms with van der Waals surface area (Å²) in [5, 5.41) is 0. The Morgan fingerprint density at radius 1 is 0.579 bits per heavy atom. The van der Waals surface area contributed by atoms with Crippen molar-refractivity contribution in [2.45, 2.75) is 19.3 Å². The van der Waals surface area contributed by atoms with Crippen LogP contribution >= 0.6 is 0 Å². The first-order chi connectivity index (χ1) is 9.43. The molecule has 2 aliphatic carbocycles. The molecule has 2 aromatic carbocycles. The van der Waals surface area contributed by atoms with Crippen molar-refractivity contribution in [3.63, 3.8) is 0 Å². The number of hydrogen-bond donors (Lipinski definition) is 0. The van der Waals surface area contributed by atoms with Crippen molar-refractivity contribution < 1.29 is 0 Å². The fraction of sp³-hybridized carbons (Fsp3) is 0.263. The van der Waals surface area contributed by atoms with Crippen molar-refractivity contribution in [1.29, 1.82) is 0 Å². The second kappa shape index (κ2) is 4.38. The van der Waals surface area contributed by atoms with E-state index in [0.29, 0.717) is 0 Å². The Kier molecular flexibility index (Phi) is 2.55. The van der Waals surface area contributed by atoms with E-state index in [2.05, 4.69) is 60.7 Å². The fourth-order valence-corrected chi connectivity index (χ4v) is 3.96. The largest absolute Gasteiger partial charge is 0.0622 e. The molecule has 0 aliphatic heterocycles. The van der Waals surface area contributed by atoms with Gasteiger partial charge in [0.15, 0.2) is 0 Å². The average molecular weight is 246 g/mol. The van der Waals surface area contributed by atoms with E-state index in [9.17, 15) is 0 Å². The van der Waals surface area contributed by atoms with Crippen molar-refractivity contribution in [2.75, 3.05) is 0 Å². The third-order valence-electron chi connectivity index (χ3n) is 4.71. The fourth-order valence-electron chi connectivity index (χ4n) is 3.96. The predicted octanol–water partition coefficient (Wildman–Crippen LogP) is 5.03. The summed E-state index contributed by atoms with van der Waals surface area (Å²) in [5.41, 5.74) is 6.13. The normalized spacial score (nSPS) is 25.1. The molecule has 2 aromatic rings. The minimum absolute atomic E-state index is 0.794. The SMILES string of the molecule is c1ccc(C2=C(c3ccccc3)C3CCC2C3)cc1. The number of fused-ring (bicyclic) bond motifs is 2. The van der Waals surface area contributed by atoms with E-state index in [0.717, 1.165) is 11.8 Å². The highest BCUT2D eigenvalue weighted by molar-refractivity contribution is 5.95. The molecule has 0 heterocycles. The molecule has 0 saturated heterocycles. The molecule has 1 saturated carbocycles. The Morgan fingerprint density at radius 3 is 1.42 bits per heavy atom. The Morgan fingerprint density at radius 2 is 1.00 bits per heavy atom. The zero-order chi connectivity index (χ0) is 12.7. The lowest BCUT2D eigenvalue weighted by Crippen LogP contribution is -2.02. The van der Waals surface area contributed by atoms with E-state index in [4.69, 9.17) is 0 Å². The summed E-state index contributed by atoms with van der Waals surface area (Å²) in [4.78, 5) is 0. The maximum absolute atomic E-state index is 2.28. The maximum Gasteiger partial charge on any atom is -0.0147 e. The summed E-state index contributed by atoms with van der Waals surface area (Å²) >= 11 is 0. The van der Waals surface area contributed by atoms with Crippen LogP contribution in [0.5, 0.6) is 0 Å². The molecule has 0 spiro atoms. The molecule has 2 unspecified atom stereocenters. The summed E-state index contributed by atoms with van der Waals surface area (Å²) in [6, 6.07) is 22.0. The van der Waals surface area contributed by atoms with Crippen LogP contribution in [0.4, 0.5) is 0 Å². The molecule has 0 heteroatoms. The monoisotopic (exact) mass is 246 g/mol. The highest BCUT2D eigenvalue weighted by Gasteiger charge is 2.39. The summed E-state index contributed by atoms with van der Waals surface area (Å²) in [7, 11) is 0. The van der Waals surface area contributed by atoms with Gasteiger partial charge in [-0.05, 0) is 53.4 Å². The topological polar surface area (TPSA) is 0 Å². The van der Waals surface area contributed by atoms with Gasteiger partial charge >= 0.3 is 0 Å². The highest BCUT2D eigenvalue weighted by Crippen LogP contribution is 2.55. The first-order valence-electron chi connectivity index (χ1n) is 7.28. The third-order valence-corrected chi connectivity index (χ3v) is 4.71. The van der Waals surface area contributed by atoms with Crippen molar-refractivity contribution in [3.05, 3.63) is 71.8 Å². The zero-order valence-electron chi connectivity index (χ0n) is 11.0. The smallest absolute Gasteiger partial charge is 0.0147 e. The molecule has 4 rings (SSSR count). The summed E-state index contributed by atoms with van der Waals surface area (Å²) in [5.74, 6) is 1.59. The van der Waals surface area contributed by atoms with Gasteiger partial charge in [-0.1, -0.05) is 60.7 Å². The zero-order valence-corrected chi connectivity index (χ0v) is 11.0. The molecule has 0 N–H and O–H groups in total. The van der Waals surface area contributed by atoms with E-state index in [-0.39, 0.29) is 0 Å². The molecule has 0 aromatic heterocycles. The molecule has 0 radical (unpaired) electrons. The second-order valence-electron chi connectivity index (χ2n) is 5.77. The average Bonchev–Trinajstić information content (AvgIpc) is 3.10. The number of hydrogen-bond acceptors (Lipinski definition) is 0. The lowest BCUT2D eigenvalue weighted by atomic mass is 9.84. The van der Waals surface area contributed by atoms with Gasteiger partial charge in [0.1, 0.15) is 0 Å². The third kappa shape index (κ3) is 1.74. The molecule has 2 bridgehead atoms. The first-order valence-corrected chi connectivity index (χ1v) is 7.28. The molecule has 2 aliphatic rings. The summed E-state index contributed by atoms with van der Waals surface area (Å²) < 4.78 is 0. The maximum atomic E-state index is 2.28. The van der Waals surface area contributed by atoms with Crippen molar-refractivity contribution >= 4 is 11.1 Å². The van der Waals surface area contributed by atoms with Gasteiger partial charge < -0.3 is 0 Å². The quantitative estimate of drug-likeness (QED) is 0.697. The van der Waals surface area contributed by atoms with E-state index in [1.807, 2.05) is 0 Å². The summed E-state index contributed by atoms with van der Waals surface area (Å²) in [6.45, 7) is 0. The van der Waals surface area contributed by atoms with Crippen LogP contribution in [0.1, 0.15) is 30.4 Å². The van der Waals surface area contributed by atoms with Gasteiger partial charge in [-0.25, -0.2) is 0 Å². The highest BCUT2D eigenvalue weighted by atomic mass is 14.4. The standard InChI is InChI=1S/C19H18/c1-3-7-14(8-4-1)18-16-11-12-17(13-16)19(18)15-9-5-2-6-10-15/h1-10,16-17H,11-13H2. The van der Waals surface area contributed by atoms with Crippen LogP contribution in [0.15, 0.2) is 60.7 Å². The van der Waals surface area contributed by atoms with Gasteiger partial charge in [0.05, 0.1) is 0 Å². The van der Waals surface area contributed by atoms with E-state index < -0.39 is 0 Å². The van der Waals surface area contributed by atoms with E-state index in [1.54, 1.807) is 11.1 Å². The van der Waals surface area contributed by atoms with Crippen LogP contribution in [0.25, 0.3) is 11.1 Å². The van der Waals surface area contributed by atoms with Crippen LogP contribution in [0.2, 0.25) is 0 Å². The van der Waals surface area contributed by atoms with Crippen molar-refractivity contribution in [3.8, 4) is 0 Å². The minimum atomic E-state index is 0.794. The van der Waals surface area contributed by atoms with Crippen LogP contribution in [0.3, 0.4) is 0 Å². The van der Waals surface area contributed by atoms with E-state index in [1.165, 1.54) is 30.4 Å². The Labute approximate surface area is 114 Å². The molecule has 2 atom stereocenters. The first kappa shape index (κ1) is 11.0. The lowest BCUT2D eigenvalue weighted by Gasteiger charge is -2.20. The molecule has 0 nitrogen and oxygen atoms in total. The van der Waals surface area contributed by atoms with Crippen molar-refractivity contribution in [1.82, 2.24) is 0 Å². The predicted molar refractivity (Wildman–Crippen MR) is 80.5 cm³/mol. The lowest BCUT2D eigenvalue weighted by molar-refractivity contribution is 0.705. The Balaban J connectivity index is 1.91. The van der Waals surface area contributed by atoms with Gasteiger partial charge in [-0.3, -0.25) is 0 Å². The number of allylic oxidation sites excluding steroid dienone is 2. The van der Waals surface area contributed by atoms with Crippen LogP contribution in [0, 0.1) is 11.8 Å². The number of benzene rings is 2. The van der Waals surface area contributed by atoms with Gasteiger partial charge in [0.2, 0.25) is 0 Å². The Bertz CT molecular complexity index is 552. The second-order valence-corrected chi connectivity index (χ2v) is 5.77. The number of rotatable bonds is 2.